The van der Waals surface area contributed by atoms with Gasteiger partial charge in [0, 0.05) is 11.4 Å². The second-order valence-corrected chi connectivity index (χ2v) is 11.2. The predicted molar refractivity (Wildman–Crippen MR) is 127 cm³/mol. The maximum Gasteiger partial charge on any atom is 0.573 e. The van der Waals surface area contributed by atoms with E-state index in [1.165, 1.54) is 26.0 Å². The number of amides is 1. The molecule has 0 saturated heterocycles. The second kappa shape index (κ2) is 11.1. The monoisotopic (exact) mass is 514 g/mol. The molecule has 0 fully saturated rings. The Morgan fingerprint density at radius 1 is 1.29 bits per heavy atom. The zero-order valence-electron chi connectivity index (χ0n) is 19.6. The minimum absolute atomic E-state index is 0.0445. The molecule has 1 heterocycles. The van der Waals surface area contributed by atoms with Gasteiger partial charge in [-0.2, -0.15) is 0 Å². The number of halogens is 3. The number of anilines is 1. The number of hydrogen-bond donors (Lipinski definition) is 3. The van der Waals surface area contributed by atoms with Crippen LogP contribution in [0.4, 0.5) is 18.9 Å². The summed E-state index contributed by atoms with van der Waals surface area (Å²) >= 11 is 0. The SMILES string of the molecule is CC(C)(C(=N)N)S(=O)(=O)CC1CCCc2ccc(NC=O)cc21.Cc1ccc(OC(F)(F)F)cn1. The fourth-order valence-corrected chi connectivity index (χ4v) is 5.14. The average molecular weight is 515 g/mol. The molecular weight excluding hydrogens is 485 g/mol. The number of amidine groups is 1. The van der Waals surface area contributed by atoms with Crippen LogP contribution < -0.4 is 15.8 Å². The molecule has 1 atom stereocenters. The molecule has 0 saturated carbocycles. The Morgan fingerprint density at radius 2 is 1.97 bits per heavy atom. The first kappa shape index (κ1) is 28.1. The first-order chi connectivity index (χ1) is 16.2. The number of fused-ring (bicyclic) bond motifs is 1. The standard InChI is InChI=1S/C16H23N3O3S.C7H6F3NO/c1-16(2,15(17)18)23(21,22)9-12-5-3-4-11-6-7-13(19-10-20)8-14(11)12;1-5-2-3-6(4-11-5)12-7(8,9)10/h6-8,10,12H,3-5,9H2,1-2H3,(H3,17,18)(H,19,20);2-4H,1H3. The number of carbonyl (C=O) groups is 1. The van der Waals surface area contributed by atoms with Gasteiger partial charge in [0.05, 0.1) is 11.9 Å². The highest BCUT2D eigenvalue weighted by Crippen LogP contribution is 2.36. The van der Waals surface area contributed by atoms with Crippen molar-refractivity contribution >= 4 is 27.8 Å². The first-order valence-corrected chi connectivity index (χ1v) is 12.4. The lowest BCUT2D eigenvalue weighted by Gasteiger charge is -2.30. The highest BCUT2D eigenvalue weighted by atomic mass is 32.2. The van der Waals surface area contributed by atoms with Gasteiger partial charge >= 0.3 is 6.36 Å². The molecule has 192 valence electrons. The van der Waals surface area contributed by atoms with E-state index >= 15 is 0 Å². The predicted octanol–water partition coefficient (Wildman–Crippen LogP) is 4.09. The van der Waals surface area contributed by atoms with Crippen molar-refractivity contribution in [3.63, 3.8) is 0 Å². The maximum absolute atomic E-state index is 12.7. The van der Waals surface area contributed by atoms with Gasteiger partial charge in [0.2, 0.25) is 6.41 Å². The summed E-state index contributed by atoms with van der Waals surface area (Å²) in [6.07, 6.45) is -0.406. The third-order valence-electron chi connectivity index (χ3n) is 5.77. The summed E-state index contributed by atoms with van der Waals surface area (Å²) in [7, 11) is -3.57. The van der Waals surface area contributed by atoms with Gasteiger partial charge in [-0.15, -0.1) is 13.2 Å². The minimum atomic E-state index is -4.64. The molecule has 0 spiro atoms. The highest BCUT2D eigenvalue weighted by Gasteiger charge is 2.40. The Balaban J connectivity index is 0.000000303. The van der Waals surface area contributed by atoms with E-state index in [4.69, 9.17) is 11.1 Å². The van der Waals surface area contributed by atoms with Crippen molar-refractivity contribution in [3.8, 4) is 5.75 Å². The highest BCUT2D eigenvalue weighted by molar-refractivity contribution is 7.93. The van der Waals surface area contributed by atoms with Crippen molar-refractivity contribution in [2.45, 2.75) is 57.1 Å². The Kier molecular flexibility index (Phi) is 8.88. The number of carbonyl (C=O) groups excluding carboxylic acids is 1. The van der Waals surface area contributed by atoms with E-state index < -0.39 is 20.9 Å². The average Bonchev–Trinajstić information content (AvgIpc) is 2.75. The number of aryl methyl sites for hydroxylation is 2. The Morgan fingerprint density at radius 3 is 2.51 bits per heavy atom. The molecule has 0 bridgehead atoms. The number of aromatic nitrogens is 1. The molecule has 0 aliphatic heterocycles. The Hall–Kier alpha value is -3.15. The Labute approximate surface area is 202 Å². The van der Waals surface area contributed by atoms with Crippen molar-refractivity contribution in [2.24, 2.45) is 5.73 Å². The molecule has 12 heteroatoms. The van der Waals surface area contributed by atoms with Crippen LogP contribution in [0.5, 0.6) is 5.75 Å². The number of rotatable bonds is 7. The summed E-state index contributed by atoms with van der Waals surface area (Å²) in [6, 6.07) is 8.28. The number of ether oxygens (including phenoxy) is 1. The van der Waals surface area contributed by atoms with Gasteiger partial charge in [-0.3, -0.25) is 15.2 Å². The van der Waals surface area contributed by atoms with Crippen LogP contribution in [0.25, 0.3) is 0 Å². The molecule has 1 unspecified atom stereocenters. The number of nitrogens with two attached hydrogens (primary N) is 1. The van der Waals surface area contributed by atoms with Crippen molar-refractivity contribution in [3.05, 3.63) is 53.3 Å². The van der Waals surface area contributed by atoms with Gasteiger partial charge in [-0.25, -0.2) is 8.42 Å². The van der Waals surface area contributed by atoms with Crippen LogP contribution in [-0.4, -0.2) is 42.5 Å². The number of benzene rings is 1. The van der Waals surface area contributed by atoms with Crippen molar-refractivity contribution in [1.29, 1.82) is 5.41 Å². The van der Waals surface area contributed by atoms with Gasteiger partial charge in [0.25, 0.3) is 0 Å². The van der Waals surface area contributed by atoms with Crippen LogP contribution >= 0.6 is 0 Å². The second-order valence-electron chi connectivity index (χ2n) is 8.65. The largest absolute Gasteiger partial charge is 0.573 e. The molecular formula is C23H29F3N4O4S. The zero-order valence-corrected chi connectivity index (χ0v) is 20.5. The van der Waals surface area contributed by atoms with Crippen LogP contribution in [0.1, 0.15) is 49.4 Å². The zero-order chi connectivity index (χ0) is 26.4. The van der Waals surface area contributed by atoms with Crippen LogP contribution in [0.15, 0.2) is 36.5 Å². The molecule has 1 aromatic heterocycles. The van der Waals surface area contributed by atoms with Crippen LogP contribution in [0.2, 0.25) is 0 Å². The van der Waals surface area contributed by atoms with Crippen molar-refractivity contribution in [2.75, 3.05) is 11.1 Å². The number of pyridine rings is 1. The number of sulfone groups is 1. The minimum Gasteiger partial charge on any atom is -0.404 e. The van der Waals surface area contributed by atoms with Gasteiger partial charge in [0.15, 0.2) is 9.84 Å². The maximum atomic E-state index is 12.7. The molecule has 8 nitrogen and oxygen atoms in total. The number of hydrogen-bond acceptors (Lipinski definition) is 6. The van der Waals surface area contributed by atoms with E-state index in [-0.39, 0.29) is 23.3 Å². The summed E-state index contributed by atoms with van der Waals surface area (Å²) in [4.78, 5) is 14.3. The number of alkyl halides is 3. The summed E-state index contributed by atoms with van der Waals surface area (Å²) in [6.45, 7) is 4.62. The smallest absolute Gasteiger partial charge is 0.404 e. The van der Waals surface area contributed by atoms with Crippen LogP contribution in [0.3, 0.4) is 0 Å². The summed E-state index contributed by atoms with van der Waals surface area (Å²) in [5.41, 5.74) is 8.86. The third-order valence-corrected chi connectivity index (χ3v) is 8.39. The van der Waals surface area contributed by atoms with Crippen molar-refractivity contribution in [1.82, 2.24) is 4.98 Å². The molecule has 4 N–H and O–H groups in total. The lowest BCUT2D eigenvalue weighted by atomic mass is 9.83. The summed E-state index contributed by atoms with van der Waals surface area (Å²) in [5, 5.41) is 10.2. The fraction of sp³-hybridized carbons (Fsp3) is 0.435. The molecule has 2 aromatic rings. The van der Waals surface area contributed by atoms with Crippen molar-refractivity contribution < 1.29 is 31.1 Å². The third kappa shape index (κ3) is 7.67. The van der Waals surface area contributed by atoms with E-state index in [1.54, 1.807) is 6.92 Å². The first-order valence-electron chi connectivity index (χ1n) is 10.7. The molecule has 1 amide bonds. The quantitative estimate of drug-likeness (QED) is 0.289. The van der Waals surface area contributed by atoms with Gasteiger partial charge < -0.3 is 15.8 Å². The van der Waals surface area contributed by atoms with Gasteiger partial charge in [-0.1, -0.05) is 6.07 Å². The summed E-state index contributed by atoms with van der Waals surface area (Å²) in [5.74, 6) is -0.828. The van der Waals surface area contributed by atoms with E-state index in [0.29, 0.717) is 17.8 Å². The molecule has 1 aliphatic carbocycles. The van der Waals surface area contributed by atoms with Crippen LogP contribution in [-0.2, 0) is 21.1 Å². The lowest BCUT2D eigenvalue weighted by molar-refractivity contribution is -0.274. The number of nitrogens with zero attached hydrogens (tertiary/aromatic N) is 1. The molecule has 3 rings (SSSR count). The molecule has 35 heavy (non-hydrogen) atoms. The van der Waals surface area contributed by atoms with E-state index in [2.05, 4.69) is 15.0 Å². The molecule has 1 aliphatic rings. The Bertz CT molecular complexity index is 1150. The van der Waals surface area contributed by atoms with E-state index in [0.717, 1.165) is 36.6 Å². The molecule has 1 aromatic carbocycles. The topological polar surface area (TPSA) is 135 Å². The number of nitrogens with one attached hydrogen (secondary N) is 2. The summed E-state index contributed by atoms with van der Waals surface area (Å²) < 4.78 is 62.4. The van der Waals surface area contributed by atoms with E-state index in [9.17, 15) is 26.4 Å². The van der Waals surface area contributed by atoms with Gasteiger partial charge in [0.1, 0.15) is 16.3 Å². The van der Waals surface area contributed by atoms with E-state index in [1.807, 2.05) is 18.2 Å². The lowest BCUT2D eigenvalue weighted by Crippen LogP contribution is -2.46. The fourth-order valence-electron chi connectivity index (χ4n) is 3.52. The normalized spacial score (nSPS) is 15.8. The molecule has 0 radical (unpaired) electrons. The van der Waals surface area contributed by atoms with Gasteiger partial charge in [-0.05, 0) is 81.3 Å². The van der Waals surface area contributed by atoms with Crippen LogP contribution in [0, 0.1) is 12.3 Å².